The Labute approximate surface area is 141 Å². The van der Waals surface area contributed by atoms with E-state index in [4.69, 9.17) is 0 Å². The second-order valence-corrected chi connectivity index (χ2v) is 6.72. The summed E-state index contributed by atoms with van der Waals surface area (Å²) in [6, 6.07) is 4.10. The molecule has 1 aliphatic carbocycles. The summed E-state index contributed by atoms with van der Waals surface area (Å²) in [5.41, 5.74) is 2.19. The van der Waals surface area contributed by atoms with Gasteiger partial charge in [0.1, 0.15) is 0 Å². The molecule has 2 fully saturated rings. The maximum absolute atomic E-state index is 14.1. The monoisotopic (exact) mass is 327 g/mol. The molecule has 3 heterocycles. The van der Waals surface area contributed by atoms with Gasteiger partial charge in [-0.1, -0.05) is 6.07 Å². The molecule has 0 unspecified atom stereocenters. The predicted octanol–water partition coefficient (Wildman–Crippen LogP) is 3.48. The number of rotatable bonds is 5. The minimum atomic E-state index is -0.348. The molecule has 0 radical (unpaired) electrons. The van der Waals surface area contributed by atoms with Crippen molar-refractivity contribution in [2.75, 3.05) is 23.3 Å². The van der Waals surface area contributed by atoms with Crippen LogP contribution in [0, 0.1) is 18.7 Å². The van der Waals surface area contributed by atoms with E-state index in [1.807, 2.05) is 17.2 Å². The van der Waals surface area contributed by atoms with E-state index in [0.717, 1.165) is 37.2 Å². The normalized spacial score (nSPS) is 18.7. The van der Waals surface area contributed by atoms with Crippen LogP contribution >= 0.6 is 0 Å². The first kappa shape index (κ1) is 15.3. The van der Waals surface area contributed by atoms with Crippen LogP contribution in [0.2, 0.25) is 0 Å². The van der Waals surface area contributed by atoms with Gasteiger partial charge in [-0.3, -0.25) is 4.98 Å². The molecule has 1 saturated heterocycles. The number of aromatic nitrogens is 3. The highest BCUT2D eigenvalue weighted by Gasteiger charge is 2.34. The topological polar surface area (TPSA) is 53.9 Å². The maximum Gasteiger partial charge on any atom is 0.225 e. The third-order valence-corrected chi connectivity index (χ3v) is 4.85. The van der Waals surface area contributed by atoms with Gasteiger partial charge in [-0.2, -0.15) is 4.98 Å². The highest BCUT2D eigenvalue weighted by atomic mass is 19.1. The number of pyridine rings is 1. The lowest BCUT2D eigenvalue weighted by Crippen LogP contribution is -2.23. The lowest BCUT2D eigenvalue weighted by atomic mass is 10.0. The highest BCUT2D eigenvalue weighted by molar-refractivity contribution is 5.45. The molecule has 4 rings (SSSR count). The third-order valence-electron chi connectivity index (χ3n) is 4.85. The standard InChI is InChI=1S/C18H22FN5/c1-12-5-4-8-20-15(12)16(13-6-7-13)22-18-21-11-14(19)17(23-18)24-9-2-3-10-24/h4-5,8,11,13,16H,2-3,6-7,9-10H2,1H3,(H,21,22,23)/t16-/m1/s1. The SMILES string of the molecule is Cc1cccnc1[C@H](Nc1ncc(F)c(N2CCCC2)n1)C1CC1. The Hall–Kier alpha value is -2.24. The van der Waals surface area contributed by atoms with Crippen molar-refractivity contribution < 1.29 is 4.39 Å². The molecule has 0 aromatic carbocycles. The lowest BCUT2D eigenvalue weighted by Gasteiger charge is -2.21. The number of hydrogen-bond donors (Lipinski definition) is 1. The van der Waals surface area contributed by atoms with Crippen LogP contribution in [0.25, 0.3) is 0 Å². The zero-order valence-corrected chi connectivity index (χ0v) is 13.9. The van der Waals surface area contributed by atoms with Crippen molar-refractivity contribution in [3.63, 3.8) is 0 Å². The number of hydrogen-bond acceptors (Lipinski definition) is 5. The van der Waals surface area contributed by atoms with Gasteiger partial charge in [-0.15, -0.1) is 0 Å². The van der Waals surface area contributed by atoms with E-state index in [-0.39, 0.29) is 11.9 Å². The Morgan fingerprint density at radius 3 is 2.75 bits per heavy atom. The fraction of sp³-hybridized carbons (Fsp3) is 0.500. The molecular weight excluding hydrogens is 305 g/mol. The summed E-state index contributed by atoms with van der Waals surface area (Å²) in [6.45, 7) is 3.79. The Morgan fingerprint density at radius 1 is 1.25 bits per heavy atom. The van der Waals surface area contributed by atoms with Crippen molar-refractivity contribution >= 4 is 11.8 Å². The van der Waals surface area contributed by atoms with Gasteiger partial charge in [0.05, 0.1) is 17.9 Å². The maximum atomic E-state index is 14.1. The van der Waals surface area contributed by atoms with Gasteiger partial charge in [0.25, 0.3) is 0 Å². The fourth-order valence-electron chi connectivity index (χ4n) is 3.38. The quantitative estimate of drug-likeness (QED) is 0.911. The van der Waals surface area contributed by atoms with Gasteiger partial charge in [0, 0.05) is 19.3 Å². The van der Waals surface area contributed by atoms with Crippen LogP contribution in [0.15, 0.2) is 24.5 Å². The Bertz CT molecular complexity index is 725. The van der Waals surface area contributed by atoms with Gasteiger partial charge in [0.2, 0.25) is 5.95 Å². The van der Waals surface area contributed by atoms with Crippen molar-refractivity contribution in [1.82, 2.24) is 15.0 Å². The van der Waals surface area contributed by atoms with Crippen LogP contribution in [0.1, 0.15) is 43.0 Å². The van der Waals surface area contributed by atoms with E-state index in [9.17, 15) is 4.39 Å². The molecule has 1 aliphatic heterocycles. The number of nitrogens with one attached hydrogen (secondary N) is 1. The molecule has 126 valence electrons. The second kappa shape index (κ2) is 6.34. The average Bonchev–Trinajstić information content (AvgIpc) is 3.29. The van der Waals surface area contributed by atoms with Crippen LogP contribution in [-0.2, 0) is 0 Å². The predicted molar refractivity (Wildman–Crippen MR) is 91.5 cm³/mol. The van der Waals surface area contributed by atoms with Crippen LogP contribution < -0.4 is 10.2 Å². The molecule has 1 atom stereocenters. The molecule has 1 N–H and O–H groups in total. The number of aryl methyl sites for hydroxylation is 1. The highest BCUT2D eigenvalue weighted by Crippen LogP contribution is 2.42. The summed E-state index contributed by atoms with van der Waals surface area (Å²) in [5, 5.41) is 3.41. The molecule has 0 bridgehead atoms. The first-order valence-corrected chi connectivity index (χ1v) is 8.68. The summed E-state index contributed by atoms with van der Waals surface area (Å²) in [7, 11) is 0. The Balaban J connectivity index is 1.61. The van der Waals surface area contributed by atoms with Crippen LogP contribution in [-0.4, -0.2) is 28.0 Å². The van der Waals surface area contributed by atoms with E-state index < -0.39 is 0 Å². The zero-order valence-electron chi connectivity index (χ0n) is 13.9. The Morgan fingerprint density at radius 2 is 2.04 bits per heavy atom. The Kier molecular flexibility index (Phi) is 4.04. The van der Waals surface area contributed by atoms with E-state index in [0.29, 0.717) is 17.7 Å². The first-order chi connectivity index (χ1) is 11.7. The smallest absolute Gasteiger partial charge is 0.225 e. The van der Waals surface area contributed by atoms with Crippen LogP contribution in [0.5, 0.6) is 0 Å². The van der Waals surface area contributed by atoms with Crippen molar-refractivity contribution in [1.29, 1.82) is 0 Å². The number of halogens is 1. The summed E-state index contributed by atoms with van der Waals surface area (Å²) < 4.78 is 14.1. The zero-order chi connectivity index (χ0) is 16.5. The number of anilines is 2. The molecule has 0 spiro atoms. The molecule has 1 saturated carbocycles. The number of nitrogens with zero attached hydrogens (tertiary/aromatic N) is 4. The van der Waals surface area contributed by atoms with Crippen molar-refractivity contribution in [2.24, 2.45) is 5.92 Å². The van der Waals surface area contributed by atoms with E-state index >= 15 is 0 Å². The van der Waals surface area contributed by atoms with Crippen LogP contribution in [0.3, 0.4) is 0 Å². The molecule has 6 heteroatoms. The average molecular weight is 327 g/mol. The van der Waals surface area contributed by atoms with Gasteiger partial charge >= 0.3 is 0 Å². The minimum absolute atomic E-state index is 0.0862. The first-order valence-electron chi connectivity index (χ1n) is 8.68. The molecule has 2 aromatic rings. The van der Waals surface area contributed by atoms with E-state index in [1.54, 1.807) is 0 Å². The summed E-state index contributed by atoms with van der Waals surface area (Å²) in [5.74, 6) is 1.10. The third kappa shape index (κ3) is 3.05. The van der Waals surface area contributed by atoms with Crippen LogP contribution in [0.4, 0.5) is 16.2 Å². The van der Waals surface area contributed by atoms with Gasteiger partial charge < -0.3 is 10.2 Å². The van der Waals surface area contributed by atoms with Crippen molar-refractivity contribution in [2.45, 2.75) is 38.6 Å². The van der Waals surface area contributed by atoms with Gasteiger partial charge in [-0.25, -0.2) is 9.37 Å². The molecular formula is C18H22FN5. The summed E-state index contributed by atoms with van der Waals surface area (Å²) >= 11 is 0. The molecule has 2 aliphatic rings. The molecule has 24 heavy (non-hydrogen) atoms. The van der Waals surface area contributed by atoms with E-state index in [2.05, 4.69) is 33.3 Å². The second-order valence-electron chi connectivity index (χ2n) is 6.72. The van der Waals surface area contributed by atoms with E-state index in [1.165, 1.54) is 19.0 Å². The van der Waals surface area contributed by atoms with Gasteiger partial charge in [-0.05, 0) is 50.2 Å². The largest absolute Gasteiger partial charge is 0.354 e. The fourth-order valence-corrected chi connectivity index (χ4v) is 3.38. The van der Waals surface area contributed by atoms with Crippen molar-refractivity contribution in [3.8, 4) is 0 Å². The molecule has 0 amide bonds. The lowest BCUT2D eigenvalue weighted by molar-refractivity contribution is 0.603. The molecule has 5 nitrogen and oxygen atoms in total. The molecule has 2 aromatic heterocycles. The summed E-state index contributed by atoms with van der Waals surface area (Å²) in [4.78, 5) is 15.2. The van der Waals surface area contributed by atoms with Gasteiger partial charge in [0.15, 0.2) is 11.6 Å². The van der Waals surface area contributed by atoms with Crippen molar-refractivity contribution in [3.05, 3.63) is 41.6 Å². The summed E-state index contributed by atoms with van der Waals surface area (Å²) in [6.07, 6.45) is 7.62. The minimum Gasteiger partial charge on any atom is -0.354 e.